The van der Waals surface area contributed by atoms with Gasteiger partial charge in [-0.3, -0.25) is 0 Å². The predicted molar refractivity (Wildman–Crippen MR) is 77.5 cm³/mol. The lowest BCUT2D eigenvalue weighted by atomic mass is 10.1. The number of nitrogens with two attached hydrogens (primary N) is 1. The monoisotopic (exact) mass is 277 g/mol. The predicted octanol–water partition coefficient (Wildman–Crippen LogP) is 2.92. The Hall–Kier alpha value is -1.25. The van der Waals surface area contributed by atoms with Crippen LogP contribution in [-0.4, -0.2) is 19.8 Å². The lowest BCUT2D eigenvalue weighted by molar-refractivity contribution is 0.134. The van der Waals surface area contributed by atoms with Crippen LogP contribution < -0.4 is 11.1 Å². The van der Waals surface area contributed by atoms with Crippen molar-refractivity contribution in [2.75, 3.05) is 30.8 Å². The van der Waals surface area contributed by atoms with Crippen LogP contribution in [0.25, 0.3) is 0 Å². The molecule has 2 aliphatic rings. The zero-order valence-electron chi connectivity index (χ0n) is 10.9. The van der Waals surface area contributed by atoms with Gasteiger partial charge in [-0.1, -0.05) is 0 Å². The van der Waals surface area contributed by atoms with Crippen LogP contribution in [0.15, 0.2) is 0 Å². The van der Waals surface area contributed by atoms with Gasteiger partial charge in [0, 0.05) is 18.7 Å². The fourth-order valence-electron chi connectivity index (χ4n) is 2.22. The molecule has 0 radical (unpaired) electrons. The van der Waals surface area contributed by atoms with Crippen LogP contribution in [0, 0.1) is 17.2 Å². The third kappa shape index (κ3) is 3.02. The van der Waals surface area contributed by atoms with Crippen LogP contribution in [0.5, 0.6) is 0 Å². The largest absolute Gasteiger partial charge is 0.397 e. The minimum atomic E-state index is 0.563. The molecule has 0 atom stereocenters. The number of ether oxygens (including phenoxy) is 1. The van der Waals surface area contributed by atoms with E-state index in [1.165, 1.54) is 42.6 Å². The highest BCUT2D eigenvalue weighted by Crippen LogP contribution is 2.50. The van der Waals surface area contributed by atoms with Crippen molar-refractivity contribution < 1.29 is 4.74 Å². The summed E-state index contributed by atoms with van der Waals surface area (Å²) in [7, 11) is 0. The molecule has 4 nitrogen and oxygen atoms in total. The van der Waals surface area contributed by atoms with Crippen LogP contribution in [-0.2, 0) is 4.74 Å². The average molecular weight is 277 g/mol. The quantitative estimate of drug-likeness (QED) is 0.752. The van der Waals surface area contributed by atoms with Crippen molar-refractivity contribution >= 4 is 22.0 Å². The molecule has 3 N–H and O–H groups in total. The SMILES string of the molecule is N#Cc1sc(NCCOCC2CC2)c(C2CC2)c1N. The highest BCUT2D eigenvalue weighted by Gasteiger charge is 2.31. The third-order valence-electron chi connectivity index (χ3n) is 3.65. The summed E-state index contributed by atoms with van der Waals surface area (Å²) in [5, 5.41) is 13.5. The molecule has 1 aromatic rings. The lowest BCUT2D eigenvalue weighted by Crippen LogP contribution is -2.10. The Morgan fingerprint density at radius 3 is 2.79 bits per heavy atom. The number of nitrogen functional groups attached to an aromatic ring is 1. The van der Waals surface area contributed by atoms with Crippen LogP contribution in [0.1, 0.15) is 42.0 Å². The number of thiophene rings is 1. The van der Waals surface area contributed by atoms with E-state index in [2.05, 4.69) is 11.4 Å². The van der Waals surface area contributed by atoms with Gasteiger partial charge < -0.3 is 15.8 Å². The molecule has 0 bridgehead atoms. The second kappa shape index (κ2) is 5.40. The van der Waals surface area contributed by atoms with Crippen molar-refractivity contribution in [1.29, 1.82) is 5.26 Å². The van der Waals surface area contributed by atoms with E-state index in [0.717, 1.165) is 30.7 Å². The Morgan fingerprint density at radius 2 is 2.16 bits per heavy atom. The number of nitriles is 1. The van der Waals surface area contributed by atoms with E-state index < -0.39 is 0 Å². The minimum Gasteiger partial charge on any atom is -0.397 e. The van der Waals surface area contributed by atoms with E-state index in [-0.39, 0.29) is 0 Å². The van der Waals surface area contributed by atoms with Crippen LogP contribution >= 0.6 is 11.3 Å². The Labute approximate surface area is 117 Å². The maximum absolute atomic E-state index is 9.06. The first-order valence-corrected chi connectivity index (χ1v) is 7.75. The molecule has 2 saturated carbocycles. The van der Waals surface area contributed by atoms with E-state index in [1.54, 1.807) is 0 Å². The van der Waals surface area contributed by atoms with Crippen LogP contribution in [0.2, 0.25) is 0 Å². The van der Waals surface area contributed by atoms with Crippen LogP contribution in [0.4, 0.5) is 10.7 Å². The van der Waals surface area contributed by atoms with Gasteiger partial charge in [-0.05, 0) is 37.5 Å². The molecule has 0 amide bonds. The van der Waals surface area contributed by atoms with Crippen molar-refractivity contribution in [2.45, 2.75) is 31.6 Å². The first kappa shape index (κ1) is 12.8. The Bertz CT molecular complexity index is 498. The summed E-state index contributed by atoms with van der Waals surface area (Å²) in [6.45, 7) is 2.41. The lowest BCUT2D eigenvalue weighted by Gasteiger charge is -2.07. The van der Waals surface area contributed by atoms with E-state index in [9.17, 15) is 0 Å². The normalized spacial score (nSPS) is 18.3. The van der Waals surface area contributed by atoms with E-state index >= 15 is 0 Å². The smallest absolute Gasteiger partial charge is 0.130 e. The summed E-state index contributed by atoms with van der Waals surface area (Å²) in [6, 6.07) is 2.19. The fourth-order valence-corrected chi connectivity index (χ4v) is 3.25. The summed E-state index contributed by atoms with van der Waals surface area (Å²) in [5.41, 5.74) is 7.91. The first-order valence-electron chi connectivity index (χ1n) is 6.93. The molecule has 0 saturated heterocycles. The maximum atomic E-state index is 9.06. The number of hydrogen-bond acceptors (Lipinski definition) is 5. The molecular formula is C14H19N3OS. The molecule has 0 spiro atoms. The summed E-state index contributed by atoms with van der Waals surface area (Å²) >= 11 is 1.48. The second-order valence-corrected chi connectivity index (χ2v) is 6.44. The van der Waals surface area contributed by atoms with Gasteiger partial charge in [0.15, 0.2) is 0 Å². The van der Waals surface area contributed by atoms with E-state index in [4.69, 9.17) is 15.7 Å². The summed E-state index contributed by atoms with van der Waals surface area (Å²) < 4.78 is 5.60. The molecule has 2 aliphatic carbocycles. The van der Waals surface area contributed by atoms with Crippen molar-refractivity contribution in [3.63, 3.8) is 0 Å². The van der Waals surface area contributed by atoms with Gasteiger partial charge in [0.05, 0.1) is 17.3 Å². The molecule has 0 aromatic carbocycles. The van der Waals surface area contributed by atoms with Crippen LogP contribution in [0.3, 0.4) is 0 Å². The van der Waals surface area contributed by atoms with E-state index in [1.807, 2.05) is 0 Å². The highest BCUT2D eigenvalue weighted by atomic mass is 32.1. The number of anilines is 2. The van der Waals surface area contributed by atoms with Gasteiger partial charge in [0.25, 0.3) is 0 Å². The van der Waals surface area contributed by atoms with Crippen molar-refractivity contribution in [2.24, 2.45) is 5.92 Å². The van der Waals surface area contributed by atoms with Crippen molar-refractivity contribution in [1.82, 2.24) is 0 Å². The molecular weight excluding hydrogens is 258 g/mol. The molecule has 0 aliphatic heterocycles. The zero-order chi connectivity index (χ0) is 13.2. The number of nitrogens with one attached hydrogen (secondary N) is 1. The molecule has 102 valence electrons. The van der Waals surface area contributed by atoms with Gasteiger partial charge in [-0.15, -0.1) is 11.3 Å². The molecule has 5 heteroatoms. The number of hydrogen-bond donors (Lipinski definition) is 2. The summed E-state index contributed by atoms with van der Waals surface area (Å²) in [4.78, 5) is 0.642. The zero-order valence-corrected chi connectivity index (χ0v) is 11.8. The van der Waals surface area contributed by atoms with Gasteiger partial charge in [-0.2, -0.15) is 5.26 Å². The Balaban J connectivity index is 1.55. The minimum absolute atomic E-state index is 0.563. The second-order valence-electron chi connectivity index (χ2n) is 5.42. The first-order chi connectivity index (χ1) is 9.29. The van der Waals surface area contributed by atoms with E-state index in [0.29, 0.717) is 16.5 Å². The maximum Gasteiger partial charge on any atom is 0.130 e. The van der Waals surface area contributed by atoms with Gasteiger partial charge in [0.1, 0.15) is 10.9 Å². The molecule has 2 fully saturated rings. The van der Waals surface area contributed by atoms with Crippen molar-refractivity contribution in [3.8, 4) is 6.07 Å². The molecule has 19 heavy (non-hydrogen) atoms. The highest BCUT2D eigenvalue weighted by molar-refractivity contribution is 7.17. The summed E-state index contributed by atoms with van der Waals surface area (Å²) in [5.74, 6) is 1.37. The Kier molecular flexibility index (Phi) is 3.63. The Morgan fingerprint density at radius 1 is 1.37 bits per heavy atom. The molecule has 1 aromatic heterocycles. The molecule has 3 rings (SSSR count). The topological polar surface area (TPSA) is 71.1 Å². The average Bonchev–Trinajstić information content (AvgIpc) is 3.29. The fraction of sp³-hybridized carbons (Fsp3) is 0.643. The van der Waals surface area contributed by atoms with Crippen molar-refractivity contribution in [3.05, 3.63) is 10.4 Å². The number of rotatable bonds is 7. The number of nitrogens with zero attached hydrogens (tertiary/aromatic N) is 1. The summed E-state index contributed by atoms with van der Waals surface area (Å²) in [6.07, 6.45) is 5.04. The standard InChI is InChI=1S/C14H19N3OS/c15-7-11-13(16)12(10-3-4-10)14(19-11)17-5-6-18-8-9-1-2-9/h9-10,17H,1-6,8,16H2. The van der Waals surface area contributed by atoms with Gasteiger partial charge in [-0.25, -0.2) is 0 Å². The molecule has 0 unspecified atom stereocenters. The van der Waals surface area contributed by atoms with Gasteiger partial charge in [0.2, 0.25) is 0 Å². The van der Waals surface area contributed by atoms with Gasteiger partial charge >= 0.3 is 0 Å². The molecule has 1 heterocycles. The third-order valence-corrected chi connectivity index (χ3v) is 4.74.